The molecule has 0 aliphatic heterocycles. The highest BCUT2D eigenvalue weighted by Crippen LogP contribution is 2.26. The number of nitrogens with zero attached hydrogens (tertiary/aromatic N) is 1. The van der Waals surface area contributed by atoms with Crippen molar-refractivity contribution in [3.05, 3.63) is 23.3 Å². The maximum Gasteiger partial charge on any atom is 0.238 e. The molecule has 1 aromatic rings. The van der Waals surface area contributed by atoms with Crippen molar-refractivity contribution in [3.8, 4) is 6.07 Å². The molecule has 0 fully saturated rings. The van der Waals surface area contributed by atoms with Gasteiger partial charge in [0.25, 0.3) is 0 Å². The summed E-state index contributed by atoms with van der Waals surface area (Å²) in [5, 5.41) is 11.0. The highest BCUT2D eigenvalue weighted by molar-refractivity contribution is 7.90. The summed E-state index contributed by atoms with van der Waals surface area (Å²) in [7, 11) is -3.34. The van der Waals surface area contributed by atoms with E-state index >= 15 is 0 Å². The van der Waals surface area contributed by atoms with Gasteiger partial charge in [0.05, 0.1) is 11.0 Å². The molecule has 0 aromatic heterocycles. The first kappa shape index (κ1) is 14.2. The Kier molecular flexibility index (Phi) is 4.09. The largest absolute Gasteiger partial charge is 0.325 e. The fourth-order valence-corrected chi connectivity index (χ4v) is 2.65. The van der Waals surface area contributed by atoms with E-state index in [9.17, 15) is 13.2 Å². The van der Waals surface area contributed by atoms with E-state index < -0.39 is 15.7 Å². The molecule has 5 nitrogen and oxygen atoms in total. The molecule has 0 aliphatic carbocycles. The zero-order valence-electron chi connectivity index (χ0n) is 10.4. The molecule has 0 bridgehead atoms. The number of amides is 1. The number of hydrogen-bond donors (Lipinski definition) is 1. The van der Waals surface area contributed by atoms with Crippen LogP contribution in [0.5, 0.6) is 0 Å². The van der Waals surface area contributed by atoms with Crippen molar-refractivity contribution in [2.24, 2.45) is 0 Å². The third-order valence-corrected chi connectivity index (χ3v) is 3.77. The second kappa shape index (κ2) is 5.19. The molecule has 1 rings (SSSR count). The first-order chi connectivity index (χ1) is 8.27. The van der Waals surface area contributed by atoms with Crippen LogP contribution in [0.25, 0.3) is 0 Å². The lowest BCUT2D eigenvalue weighted by Gasteiger charge is -2.13. The number of nitrogens with one attached hydrogen (secondary N) is 1. The predicted octanol–water partition coefficient (Wildman–Crippen LogP) is 1.56. The second-order valence-electron chi connectivity index (χ2n) is 4.04. The molecule has 0 heterocycles. The van der Waals surface area contributed by atoms with Gasteiger partial charge < -0.3 is 5.32 Å². The van der Waals surface area contributed by atoms with Crippen LogP contribution in [-0.2, 0) is 14.6 Å². The van der Waals surface area contributed by atoms with Gasteiger partial charge in [0.15, 0.2) is 9.84 Å². The van der Waals surface area contributed by atoms with Crippen molar-refractivity contribution in [1.82, 2.24) is 0 Å². The van der Waals surface area contributed by atoms with Gasteiger partial charge in [-0.2, -0.15) is 5.26 Å². The number of carbonyl (C=O) groups is 1. The van der Waals surface area contributed by atoms with Crippen LogP contribution in [0.2, 0.25) is 0 Å². The van der Waals surface area contributed by atoms with E-state index in [1.54, 1.807) is 26.0 Å². The first-order valence-corrected chi connectivity index (χ1v) is 7.13. The Labute approximate surface area is 106 Å². The molecule has 6 heteroatoms. The number of aryl methyl sites for hydroxylation is 1. The molecule has 1 N–H and O–H groups in total. The predicted molar refractivity (Wildman–Crippen MR) is 67.9 cm³/mol. The SMILES string of the molecule is Cc1ccc(S(C)(=O)=O)c(C)c1NC(=O)CC#N. The Hall–Kier alpha value is -1.87. The maximum atomic E-state index is 11.6. The minimum Gasteiger partial charge on any atom is -0.325 e. The molecule has 0 aliphatic rings. The minimum absolute atomic E-state index is 0.181. The van der Waals surface area contributed by atoms with Gasteiger partial charge >= 0.3 is 0 Å². The number of carbonyl (C=O) groups excluding carboxylic acids is 1. The van der Waals surface area contributed by atoms with Crippen molar-refractivity contribution in [1.29, 1.82) is 5.26 Å². The van der Waals surface area contributed by atoms with Gasteiger partial charge in [-0.05, 0) is 31.0 Å². The molecular formula is C12H14N2O3S. The van der Waals surface area contributed by atoms with Crippen molar-refractivity contribution in [3.63, 3.8) is 0 Å². The van der Waals surface area contributed by atoms with Crippen LogP contribution in [0.3, 0.4) is 0 Å². The van der Waals surface area contributed by atoms with Gasteiger partial charge in [-0.15, -0.1) is 0 Å². The van der Waals surface area contributed by atoms with Gasteiger partial charge in [0.2, 0.25) is 5.91 Å². The Balaban J connectivity index is 3.29. The van der Waals surface area contributed by atoms with Crippen LogP contribution >= 0.6 is 0 Å². The third-order valence-electron chi connectivity index (χ3n) is 2.53. The van der Waals surface area contributed by atoms with E-state index in [0.29, 0.717) is 11.3 Å². The summed E-state index contributed by atoms with van der Waals surface area (Å²) in [6.07, 6.45) is 0.855. The van der Waals surface area contributed by atoms with Crippen LogP contribution in [0.1, 0.15) is 17.5 Å². The monoisotopic (exact) mass is 266 g/mol. The zero-order valence-corrected chi connectivity index (χ0v) is 11.3. The summed E-state index contributed by atoms with van der Waals surface area (Å²) in [6.45, 7) is 3.40. The topological polar surface area (TPSA) is 87.0 Å². The van der Waals surface area contributed by atoms with Crippen molar-refractivity contribution in [2.75, 3.05) is 11.6 Å². The molecule has 0 spiro atoms. The standard InChI is InChI=1S/C12H14N2O3S/c1-8-4-5-10(18(3,16)17)9(2)12(8)14-11(15)6-7-13/h4-5H,6H2,1-3H3,(H,14,15). The number of nitriles is 1. The molecule has 96 valence electrons. The number of benzene rings is 1. The van der Waals surface area contributed by atoms with Crippen molar-refractivity contribution in [2.45, 2.75) is 25.2 Å². The molecule has 0 saturated heterocycles. The van der Waals surface area contributed by atoms with Gasteiger partial charge in [-0.1, -0.05) is 6.07 Å². The number of anilines is 1. The second-order valence-corrected chi connectivity index (χ2v) is 6.02. The molecule has 0 saturated carbocycles. The molecule has 0 unspecified atom stereocenters. The minimum atomic E-state index is -3.34. The highest BCUT2D eigenvalue weighted by Gasteiger charge is 2.16. The zero-order chi connectivity index (χ0) is 13.9. The molecule has 0 atom stereocenters. The third kappa shape index (κ3) is 3.08. The van der Waals surface area contributed by atoms with Crippen molar-refractivity contribution >= 4 is 21.4 Å². The molecule has 1 amide bonds. The molecule has 18 heavy (non-hydrogen) atoms. The summed E-state index contributed by atoms with van der Waals surface area (Å²) in [6, 6.07) is 4.89. The Morgan fingerprint density at radius 3 is 2.50 bits per heavy atom. The first-order valence-electron chi connectivity index (χ1n) is 5.24. The molecular weight excluding hydrogens is 252 g/mol. The highest BCUT2D eigenvalue weighted by atomic mass is 32.2. The van der Waals surface area contributed by atoms with E-state index in [1.165, 1.54) is 6.07 Å². The maximum absolute atomic E-state index is 11.6. The van der Waals surface area contributed by atoms with Crippen LogP contribution in [0, 0.1) is 25.2 Å². The van der Waals surface area contributed by atoms with Gasteiger partial charge in [0, 0.05) is 11.9 Å². The normalized spacial score (nSPS) is 10.8. The number of sulfone groups is 1. The molecule has 1 aromatic carbocycles. The summed E-state index contributed by atoms with van der Waals surface area (Å²) < 4.78 is 23.1. The van der Waals surface area contributed by atoms with Gasteiger partial charge in [-0.25, -0.2) is 8.42 Å². The van der Waals surface area contributed by atoms with Crippen LogP contribution in [0.4, 0.5) is 5.69 Å². The van der Waals surface area contributed by atoms with Gasteiger partial charge in [0.1, 0.15) is 6.42 Å². The van der Waals surface area contributed by atoms with E-state index in [4.69, 9.17) is 5.26 Å². The lowest BCUT2D eigenvalue weighted by Crippen LogP contribution is -2.14. The summed E-state index contributed by atoms with van der Waals surface area (Å²) in [5.74, 6) is -0.450. The number of hydrogen-bond acceptors (Lipinski definition) is 4. The fourth-order valence-electron chi connectivity index (χ4n) is 1.68. The van der Waals surface area contributed by atoms with Crippen LogP contribution in [0.15, 0.2) is 17.0 Å². The average Bonchev–Trinajstić information content (AvgIpc) is 2.22. The quantitative estimate of drug-likeness (QED) is 0.899. The molecule has 0 radical (unpaired) electrons. The van der Waals surface area contributed by atoms with Crippen LogP contribution in [-0.4, -0.2) is 20.6 Å². The summed E-state index contributed by atoms with van der Waals surface area (Å²) >= 11 is 0. The van der Waals surface area contributed by atoms with Crippen molar-refractivity contribution < 1.29 is 13.2 Å². The Morgan fingerprint density at radius 2 is 2.00 bits per heavy atom. The van der Waals surface area contributed by atoms with E-state index in [2.05, 4.69) is 5.32 Å². The number of rotatable bonds is 3. The van der Waals surface area contributed by atoms with Crippen LogP contribution < -0.4 is 5.32 Å². The Bertz CT molecular complexity index is 627. The van der Waals surface area contributed by atoms with E-state index in [0.717, 1.165) is 11.8 Å². The lowest BCUT2D eigenvalue weighted by molar-refractivity contribution is -0.115. The van der Waals surface area contributed by atoms with Gasteiger partial charge in [-0.3, -0.25) is 4.79 Å². The smallest absolute Gasteiger partial charge is 0.238 e. The van der Waals surface area contributed by atoms with E-state index in [-0.39, 0.29) is 11.3 Å². The lowest BCUT2D eigenvalue weighted by atomic mass is 10.1. The fraction of sp³-hybridized carbons (Fsp3) is 0.333. The Morgan fingerprint density at radius 1 is 1.39 bits per heavy atom. The summed E-state index contributed by atoms with van der Waals surface area (Å²) in [5.41, 5.74) is 1.70. The average molecular weight is 266 g/mol. The summed E-state index contributed by atoms with van der Waals surface area (Å²) in [4.78, 5) is 11.6. The van der Waals surface area contributed by atoms with E-state index in [1.807, 2.05) is 0 Å².